The molecule has 0 aromatic rings. The fourth-order valence-electron chi connectivity index (χ4n) is 9.88. The van der Waals surface area contributed by atoms with Crippen LogP contribution in [-0.4, -0.2) is 96.7 Å². The fraction of sp³-hybridized carbons (Fsp3) is 0.939. The van der Waals surface area contributed by atoms with E-state index in [2.05, 4.69) is 41.5 Å². The number of carbonyl (C=O) groups is 4. The summed E-state index contributed by atoms with van der Waals surface area (Å²) in [5, 5.41) is 10.5. The number of aliphatic hydroxyl groups excluding tert-OH is 1. The molecule has 0 bridgehead atoms. The summed E-state index contributed by atoms with van der Waals surface area (Å²) in [7, 11) is -9.89. The van der Waals surface area contributed by atoms with Gasteiger partial charge in [-0.1, -0.05) is 279 Å². The Balaban J connectivity index is 5.21. The van der Waals surface area contributed by atoms with E-state index in [0.717, 1.165) is 109 Å². The van der Waals surface area contributed by atoms with Crippen LogP contribution in [0.15, 0.2) is 0 Å². The molecular formula is C66H128O17P2. The number of unbranched alkanes of at least 4 members (excludes halogenated alkanes) is 35. The van der Waals surface area contributed by atoms with E-state index in [9.17, 15) is 43.2 Å². The van der Waals surface area contributed by atoms with Gasteiger partial charge in [0.05, 0.1) is 26.4 Å². The Hall–Kier alpha value is -1.94. The molecule has 0 fully saturated rings. The summed E-state index contributed by atoms with van der Waals surface area (Å²) in [4.78, 5) is 72.2. The lowest BCUT2D eigenvalue weighted by Crippen LogP contribution is -2.30. The lowest BCUT2D eigenvalue weighted by Gasteiger charge is -2.21. The Morgan fingerprint density at radius 2 is 0.541 bits per heavy atom. The van der Waals surface area contributed by atoms with Crippen LogP contribution in [0.5, 0.6) is 0 Å². The minimum absolute atomic E-state index is 0.103. The van der Waals surface area contributed by atoms with Gasteiger partial charge in [-0.15, -0.1) is 0 Å². The van der Waals surface area contributed by atoms with Gasteiger partial charge in [0, 0.05) is 25.7 Å². The van der Waals surface area contributed by atoms with Crippen molar-refractivity contribution in [2.75, 3.05) is 39.6 Å². The molecule has 0 amide bonds. The third-order valence-electron chi connectivity index (χ3n) is 15.2. The Morgan fingerprint density at radius 3 is 0.800 bits per heavy atom. The Morgan fingerprint density at radius 1 is 0.318 bits per heavy atom. The molecule has 19 heteroatoms. The number of ether oxygens (including phenoxy) is 4. The number of hydrogen-bond donors (Lipinski definition) is 3. The van der Waals surface area contributed by atoms with Crippen molar-refractivity contribution in [3.63, 3.8) is 0 Å². The van der Waals surface area contributed by atoms with Crippen LogP contribution in [0.4, 0.5) is 0 Å². The average Bonchev–Trinajstić information content (AvgIpc) is 3.47. The lowest BCUT2D eigenvalue weighted by molar-refractivity contribution is -0.161. The number of hydrogen-bond acceptors (Lipinski definition) is 15. The van der Waals surface area contributed by atoms with Crippen molar-refractivity contribution in [1.82, 2.24) is 0 Å². The molecule has 85 heavy (non-hydrogen) atoms. The van der Waals surface area contributed by atoms with E-state index in [4.69, 9.17) is 37.0 Å². The predicted molar refractivity (Wildman–Crippen MR) is 340 cm³/mol. The molecule has 0 aliphatic heterocycles. The van der Waals surface area contributed by atoms with Crippen molar-refractivity contribution in [2.45, 2.75) is 349 Å². The van der Waals surface area contributed by atoms with Crippen LogP contribution >= 0.6 is 15.6 Å². The van der Waals surface area contributed by atoms with Crippen LogP contribution in [0, 0.1) is 11.8 Å². The van der Waals surface area contributed by atoms with E-state index in [1.54, 1.807) is 0 Å². The van der Waals surface area contributed by atoms with Crippen LogP contribution in [0.1, 0.15) is 330 Å². The highest BCUT2D eigenvalue weighted by Gasteiger charge is 2.30. The van der Waals surface area contributed by atoms with Crippen LogP contribution in [0.25, 0.3) is 0 Å². The van der Waals surface area contributed by atoms with Crippen molar-refractivity contribution in [2.24, 2.45) is 11.8 Å². The largest absolute Gasteiger partial charge is 0.472 e. The molecule has 0 radical (unpaired) electrons. The first-order chi connectivity index (χ1) is 40.9. The van der Waals surface area contributed by atoms with Gasteiger partial charge in [-0.3, -0.25) is 37.3 Å². The molecule has 0 spiro atoms. The molecule has 17 nitrogen and oxygen atoms in total. The van der Waals surface area contributed by atoms with Crippen LogP contribution in [-0.2, 0) is 65.4 Å². The molecule has 0 rings (SSSR count). The molecule has 3 N–H and O–H groups in total. The van der Waals surface area contributed by atoms with Crippen molar-refractivity contribution < 1.29 is 80.2 Å². The molecule has 0 heterocycles. The first-order valence-corrected chi connectivity index (χ1v) is 37.5. The summed E-state index contributed by atoms with van der Waals surface area (Å²) in [5.74, 6) is -0.674. The molecule has 0 aliphatic rings. The Kier molecular flexibility index (Phi) is 57.1. The maximum absolute atomic E-state index is 13.0. The topological polar surface area (TPSA) is 237 Å². The second-order valence-corrected chi connectivity index (χ2v) is 27.7. The SMILES string of the molecule is CCCCCCCCCCCCCCCCC(=O)OC[C@H](COP(=O)(O)OC[C@@H](O)COP(=O)(O)OC[C@@H](COC(=O)CCCCCCCCC)OC(=O)CCCCCCCCCC(C)C)OC(=O)CCCCCCCCCCCCCC(C)C. The Labute approximate surface area is 517 Å². The molecule has 0 saturated carbocycles. The van der Waals surface area contributed by atoms with Gasteiger partial charge in [0.1, 0.15) is 19.3 Å². The fourth-order valence-corrected chi connectivity index (χ4v) is 11.5. The van der Waals surface area contributed by atoms with E-state index >= 15 is 0 Å². The minimum atomic E-state index is -4.95. The normalized spacial score (nSPS) is 14.2. The molecule has 0 aliphatic carbocycles. The summed E-state index contributed by atoms with van der Waals surface area (Å²) >= 11 is 0. The molecule has 0 aromatic carbocycles. The maximum atomic E-state index is 13.0. The predicted octanol–water partition coefficient (Wildman–Crippen LogP) is 18.4. The quantitative estimate of drug-likeness (QED) is 0.0222. The van der Waals surface area contributed by atoms with E-state index in [1.807, 2.05) is 0 Å². The second-order valence-electron chi connectivity index (χ2n) is 24.8. The third kappa shape index (κ3) is 60.7. The first kappa shape index (κ1) is 83.1. The van der Waals surface area contributed by atoms with Gasteiger partial charge in [-0.05, 0) is 37.5 Å². The van der Waals surface area contributed by atoms with Gasteiger partial charge in [0.15, 0.2) is 12.2 Å². The first-order valence-electron chi connectivity index (χ1n) is 34.5. The second kappa shape index (κ2) is 58.4. The van der Waals surface area contributed by atoms with E-state index in [1.165, 1.54) is 135 Å². The summed E-state index contributed by atoms with van der Waals surface area (Å²) in [6.07, 6.45) is 41.8. The maximum Gasteiger partial charge on any atom is 0.472 e. The van der Waals surface area contributed by atoms with E-state index in [0.29, 0.717) is 31.6 Å². The number of esters is 4. The smallest absolute Gasteiger partial charge is 0.462 e. The van der Waals surface area contributed by atoms with Crippen molar-refractivity contribution in [1.29, 1.82) is 0 Å². The molecule has 0 aromatic heterocycles. The van der Waals surface area contributed by atoms with Gasteiger partial charge in [0.25, 0.3) is 0 Å². The number of phosphoric ester groups is 2. The zero-order chi connectivity index (χ0) is 62.9. The van der Waals surface area contributed by atoms with Gasteiger partial charge in [-0.25, -0.2) is 9.13 Å². The summed E-state index contributed by atoms with van der Waals surface area (Å²) in [6.45, 7) is 9.41. The highest BCUT2D eigenvalue weighted by Crippen LogP contribution is 2.45. The van der Waals surface area contributed by atoms with E-state index in [-0.39, 0.29) is 25.7 Å². The number of aliphatic hydroxyl groups is 1. The average molecular weight is 1260 g/mol. The summed E-state index contributed by atoms with van der Waals surface area (Å²) < 4.78 is 68.0. The highest BCUT2D eigenvalue weighted by atomic mass is 31.2. The van der Waals surface area contributed by atoms with Gasteiger partial charge in [-0.2, -0.15) is 0 Å². The van der Waals surface area contributed by atoms with Crippen molar-refractivity contribution in [3.05, 3.63) is 0 Å². The molecule has 504 valence electrons. The van der Waals surface area contributed by atoms with Gasteiger partial charge < -0.3 is 33.8 Å². The zero-order valence-corrected chi connectivity index (χ0v) is 56.7. The third-order valence-corrected chi connectivity index (χ3v) is 17.1. The standard InChI is InChI=1S/C66H128O17P2/c1-7-9-11-13-15-16-17-18-19-22-25-31-37-43-49-64(69)77-55-62(82-65(70)50-44-38-32-26-23-20-21-24-29-34-40-46-58(3)4)57-81-85(74,75)79-53-60(67)52-78-84(72,73)80-56-61(54-76-63(68)48-42-36-28-14-12-10-8-2)83-66(71)51-45-39-33-27-30-35-41-47-59(5)6/h58-62,67H,7-57H2,1-6H3,(H,72,73)(H,74,75)/t60-,61+,62+/m0/s1. The summed E-state index contributed by atoms with van der Waals surface area (Å²) in [5.41, 5.74) is 0. The summed E-state index contributed by atoms with van der Waals surface area (Å²) in [6, 6.07) is 0. The van der Waals surface area contributed by atoms with Crippen molar-refractivity contribution in [3.8, 4) is 0 Å². The van der Waals surface area contributed by atoms with E-state index < -0.39 is 97.5 Å². The lowest BCUT2D eigenvalue weighted by atomic mass is 10.0. The molecule has 5 atom stereocenters. The van der Waals surface area contributed by atoms with Gasteiger partial charge >= 0.3 is 39.5 Å². The Bertz CT molecular complexity index is 1670. The number of rotatable bonds is 65. The molecule has 0 saturated heterocycles. The van der Waals surface area contributed by atoms with Crippen molar-refractivity contribution >= 4 is 39.5 Å². The number of phosphoric acid groups is 2. The molecule has 2 unspecified atom stereocenters. The highest BCUT2D eigenvalue weighted by molar-refractivity contribution is 7.47. The number of carbonyl (C=O) groups excluding carboxylic acids is 4. The monoisotopic (exact) mass is 1250 g/mol. The molecular weight excluding hydrogens is 1130 g/mol. The minimum Gasteiger partial charge on any atom is -0.462 e. The van der Waals surface area contributed by atoms with Gasteiger partial charge in [0.2, 0.25) is 0 Å². The van der Waals surface area contributed by atoms with Crippen LogP contribution in [0.2, 0.25) is 0 Å². The van der Waals surface area contributed by atoms with Crippen LogP contribution in [0.3, 0.4) is 0 Å². The zero-order valence-electron chi connectivity index (χ0n) is 54.9. The van der Waals surface area contributed by atoms with Crippen LogP contribution < -0.4 is 0 Å².